The summed E-state index contributed by atoms with van der Waals surface area (Å²) in [5.41, 5.74) is -0.0305. The van der Waals surface area contributed by atoms with Gasteiger partial charge in [0.25, 0.3) is 0 Å². The van der Waals surface area contributed by atoms with Gasteiger partial charge in [-0.25, -0.2) is 0 Å². The lowest BCUT2D eigenvalue weighted by Crippen LogP contribution is -2.53. The van der Waals surface area contributed by atoms with E-state index in [1.165, 1.54) is 0 Å². The number of nitrogens with one attached hydrogen (secondary N) is 2. The van der Waals surface area contributed by atoms with Gasteiger partial charge in [-0.15, -0.1) is 0 Å². The number of rotatable bonds is 14. The quantitative estimate of drug-likeness (QED) is 0.311. The Hall–Kier alpha value is -2.65. The third-order valence-corrected chi connectivity index (χ3v) is 8.93. The lowest BCUT2D eigenvalue weighted by Gasteiger charge is -2.33. The predicted octanol–water partition coefficient (Wildman–Crippen LogP) is 3.31. The maximum absolute atomic E-state index is 14.0. The first-order chi connectivity index (χ1) is 18.8. The van der Waals surface area contributed by atoms with Gasteiger partial charge < -0.3 is 30.3 Å². The van der Waals surface area contributed by atoms with Gasteiger partial charge in [0.1, 0.15) is 11.6 Å². The van der Waals surface area contributed by atoms with Crippen LogP contribution in [0.1, 0.15) is 72.6 Å². The van der Waals surface area contributed by atoms with Gasteiger partial charge in [0, 0.05) is 44.2 Å². The van der Waals surface area contributed by atoms with Crippen LogP contribution in [0, 0.1) is 11.8 Å². The summed E-state index contributed by atoms with van der Waals surface area (Å²) in [6, 6.07) is 6.98. The van der Waals surface area contributed by atoms with Gasteiger partial charge >= 0.3 is 0 Å². The predicted molar refractivity (Wildman–Crippen MR) is 151 cm³/mol. The molecule has 3 amide bonds. The normalized spacial score (nSPS) is 29.0. The first kappa shape index (κ1) is 29.3. The van der Waals surface area contributed by atoms with E-state index in [0.717, 1.165) is 50.9 Å². The Morgan fingerprint density at radius 3 is 2.38 bits per heavy atom. The highest BCUT2D eigenvalue weighted by atomic mass is 16.5. The Kier molecular flexibility index (Phi) is 9.21. The van der Waals surface area contributed by atoms with E-state index in [4.69, 9.17) is 9.84 Å². The summed E-state index contributed by atoms with van der Waals surface area (Å²) in [6.45, 7) is 11.0. The van der Waals surface area contributed by atoms with Crippen LogP contribution in [0.5, 0.6) is 0 Å². The van der Waals surface area contributed by atoms with Crippen LogP contribution < -0.4 is 15.5 Å². The average Bonchev–Trinajstić information content (AvgIpc) is 3.49. The van der Waals surface area contributed by atoms with Crippen molar-refractivity contribution in [1.82, 2.24) is 10.2 Å². The molecule has 0 aromatic heterocycles. The molecule has 1 spiro atoms. The third-order valence-electron chi connectivity index (χ3n) is 8.93. The first-order valence-electron chi connectivity index (χ1n) is 14.8. The lowest BCUT2D eigenvalue weighted by molar-refractivity contribution is -0.144. The zero-order valence-corrected chi connectivity index (χ0v) is 24.0. The molecule has 39 heavy (non-hydrogen) atoms. The molecule has 2 unspecified atom stereocenters. The molecule has 1 aromatic rings. The minimum atomic E-state index is -1.02. The van der Waals surface area contributed by atoms with E-state index in [0.29, 0.717) is 31.6 Å². The number of hydrogen-bond acceptors (Lipinski definition) is 6. The summed E-state index contributed by atoms with van der Waals surface area (Å²) in [5.74, 6) is -1.88. The van der Waals surface area contributed by atoms with Crippen molar-refractivity contribution in [3.8, 4) is 0 Å². The van der Waals surface area contributed by atoms with E-state index in [-0.39, 0.29) is 24.3 Å². The number of anilines is 2. The summed E-state index contributed by atoms with van der Waals surface area (Å²) < 4.78 is 6.66. The van der Waals surface area contributed by atoms with Crippen molar-refractivity contribution in [2.24, 2.45) is 11.8 Å². The molecule has 1 aromatic carbocycles. The Labute approximate surface area is 232 Å². The average molecular weight is 543 g/mol. The van der Waals surface area contributed by atoms with Crippen LogP contribution in [0.4, 0.5) is 11.4 Å². The van der Waals surface area contributed by atoms with Crippen LogP contribution in [0.2, 0.25) is 0 Å². The highest BCUT2D eigenvalue weighted by molar-refractivity contribution is 6.03. The number of nitrogens with zero attached hydrogens (tertiary/aromatic N) is 2. The molecule has 0 radical (unpaired) electrons. The number of ether oxygens (including phenoxy) is 1. The van der Waals surface area contributed by atoms with Gasteiger partial charge in [-0.05, 0) is 77.1 Å². The minimum Gasteiger partial charge on any atom is -0.396 e. The number of benzene rings is 1. The number of unbranched alkanes of at least 4 members (excludes halogenated alkanes) is 3. The van der Waals surface area contributed by atoms with Crippen LogP contribution in [0.25, 0.3) is 0 Å². The van der Waals surface area contributed by atoms with E-state index >= 15 is 0 Å². The van der Waals surface area contributed by atoms with Gasteiger partial charge in [0.15, 0.2) is 0 Å². The van der Waals surface area contributed by atoms with E-state index in [2.05, 4.69) is 29.4 Å². The maximum atomic E-state index is 14.0. The van der Waals surface area contributed by atoms with Crippen molar-refractivity contribution in [2.45, 2.75) is 89.9 Å². The van der Waals surface area contributed by atoms with E-state index < -0.39 is 29.1 Å². The molecule has 3 aliphatic rings. The van der Waals surface area contributed by atoms with E-state index in [1.54, 1.807) is 4.90 Å². The highest BCUT2D eigenvalue weighted by Gasteiger charge is 2.77. The molecule has 0 saturated carbocycles. The van der Waals surface area contributed by atoms with Crippen molar-refractivity contribution in [3.63, 3.8) is 0 Å². The molecule has 2 bridgehead atoms. The Balaban J connectivity index is 1.60. The molecule has 4 rings (SSSR count). The van der Waals surface area contributed by atoms with Gasteiger partial charge in [0.05, 0.1) is 17.4 Å². The molecule has 216 valence electrons. The Bertz CT molecular complexity index is 1030. The SMILES string of the molecule is CCCNC(=O)[C@H]1[C@H]2C(=O)N(CCCCCCO)C(C(=O)Nc3ccc(N(CC)CC)cc3)C23CC[C@]1(C)O3. The summed E-state index contributed by atoms with van der Waals surface area (Å²) in [7, 11) is 0. The monoisotopic (exact) mass is 542 g/mol. The third kappa shape index (κ3) is 5.40. The standard InChI is InChI=1S/C30H46N4O5/c1-5-18-31-26(36)23-24-28(38)34(19-10-8-9-11-20-35)25(30(24)17-16-29(23,4)39-30)27(37)32-21-12-14-22(15-13-21)33(6-2)7-3/h12-15,23-25,35H,5-11,16-20H2,1-4H3,(H,31,36)(H,32,37)/t23-,24+,25?,29+,30?/m1/s1. The Morgan fingerprint density at radius 1 is 1.05 bits per heavy atom. The van der Waals surface area contributed by atoms with Crippen molar-refractivity contribution in [3.05, 3.63) is 24.3 Å². The van der Waals surface area contributed by atoms with Gasteiger partial charge in [0.2, 0.25) is 17.7 Å². The topological polar surface area (TPSA) is 111 Å². The van der Waals surface area contributed by atoms with Crippen LogP contribution >= 0.6 is 0 Å². The van der Waals surface area contributed by atoms with Crippen molar-refractivity contribution in [1.29, 1.82) is 0 Å². The number of amides is 3. The second-order valence-corrected chi connectivity index (χ2v) is 11.4. The van der Waals surface area contributed by atoms with E-state index in [1.807, 2.05) is 38.1 Å². The number of aliphatic hydroxyl groups is 1. The molecular weight excluding hydrogens is 496 g/mol. The van der Waals surface area contributed by atoms with Crippen LogP contribution in [-0.2, 0) is 19.1 Å². The fourth-order valence-corrected chi connectivity index (χ4v) is 7.03. The lowest BCUT2D eigenvalue weighted by atomic mass is 9.66. The number of carbonyl (C=O) groups excluding carboxylic acids is 3. The zero-order chi connectivity index (χ0) is 28.2. The van der Waals surface area contributed by atoms with Gasteiger partial charge in [-0.2, -0.15) is 0 Å². The van der Waals surface area contributed by atoms with Gasteiger partial charge in [-0.3, -0.25) is 14.4 Å². The molecule has 0 aliphatic carbocycles. The zero-order valence-electron chi connectivity index (χ0n) is 24.0. The molecule has 3 saturated heterocycles. The molecule has 5 atom stereocenters. The number of hydrogen-bond donors (Lipinski definition) is 3. The first-order valence-corrected chi connectivity index (χ1v) is 14.8. The molecular formula is C30H46N4O5. The smallest absolute Gasteiger partial charge is 0.250 e. The number of likely N-dealkylation sites (tertiary alicyclic amines) is 1. The Morgan fingerprint density at radius 2 is 1.74 bits per heavy atom. The molecule has 9 nitrogen and oxygen atoms in total. The van der Waals surface area contributed by atoms with Crippen molar-refractivity contribution in [2.75, 3.05) is 43.0 Å². The molecule has 3 heterocycles. The van der Waals surface area contributed by atoms with Crippen molar-refractivity contribution < 1.29 is 24.2 Å². The molecule has 3 aliphatic heterocycles. The van der Waals surface area contributed by atoms with Crippen molar-refractivity contribution >= 4 is 29.1 Å². The highest BCUT2D eigenvalue weighted by Crippen LogP contribution is 2.63. The van der Waals surface area contributed by atoms with E-state index in [9.17, 15) is 14.4 Å². The summed E-state index contributed by atoms with van der Waals surface area (Å²) in [6.07, 6.45) is 5.15. The summed E-state index contributed by atoms with van der Waals surface area (Å²) in [5, 5.41) is 15.2. The van der Waals surface area contributed by atoms with Crippen LogP contribution in [-0.4, -0.2) is 77.8 Å². The van der Waals surface area contributed by atoms with Crippen LogP contribution in [0.3, 0.4) is 0 Å². The number of carbonyl (C=O) groups is 3. The maximum Gasteiger partial charge on any atom is 0.250 e. The molecule has 3 N–H and O–H groups in total. The fraction of sp³-hybridized carbons (Fsp3) is 0.700. The van der Waals surface area contributed by atoms with Crippen LogP contribution in [0.15, 0.2) is 24.3 Å². The molecule has 9 heteroatoms. The summed E-state index contributed by atoms with van der Waals surface area (Å²) >= 11 is 0. The summed E-state index contributed by atoms with van der Waals surface area (Å²) in [4.78, 5) is 45.2. The fourth-order valence-electron chi connectivity index (χ4n) is 7.03. The number of aliphatic hydroxyl groups excluding tert-OH is 1. The largest absolute Gasteiger partial charge is 0.396 e. The second kappa shape index (κ2) is 12.3. The minimum absolute atomic E-state index is 0.146. The second-order valence-electron chi connectivity index (χ2n) is 11.4. The number of fused-ring (bicyclic) bond motifs is 1. The van der Waals surface area contributed by atoms with Gasteiger partial charge in [-0.1, -0.05) is 19.8 Å². The molecule has 3 fully saturated rings.